The minimum atomic E-state index is -1.06. The van der Waals surface area contributed by atoms with Gasteiger partial charge in [0.1, 0.15) is 11.6 Å². The van der Waals surface area contributed by atoms with E-state index in [0.29, 0.717) is 18.6 Å². The Balaban J connectivity index is 2.49. The fourth-order valence-electron chi connectivity index (χ4n) is 2.77. The van der Waals surface area contributed by atoms with Crippen LogP contribution in [0.3, 0.4) is 0 Å². The first-order valence-electron chi connectivity index (χ1n) is 8.24. The average Bonchev–Trinajstić information content (AvgIpc) is 2.71. The first kappa shape index (κ1) is 18.0. The molecule has 0 saturated carbocycles. The van der Waals surface area contributed by atoms with Gasteiger partial charge in [0.15, 0.2) is 0 Å². The highest BCUT2D eigenvalue weighted by molar-refractivity contribution is 5.89. The van der Waals surface area contributed by atoms with Crippen LogP contribution in [0, 0.1) is 5.82 Å². The third-order valence-electron chi connectivity index (χ3n) is 4.00. The van der Waals surface area contributed by atoms with Gasteiger partial charge in [-0.1, -0.05) is 26.0 Å². The van der Waals surface area contributed by atoms with E-state index in [-0.39, 0.29) is 5.56 Å². The van der Waals surface area contributed by atoms with Crippen molar-refractivity contribution in [2.75, 3.05) is 6.61 Å². The molecule has 0 fully saturated rings. The van der Waals surface area contributed by atoms with Crippen LogP contribution in [0.5, 0.6) is 0 Å². The number of benzene rings is 1. The van der Waals surface area contributed by atoms with Gasteiger partial charge in [0, 0.05) is 5.56 Å². The molecule has 4 heteroatoms. The molecule has 0 spiro atoms. The molecule has 0 atom stereocenters. The first-order chi connectivity index (χ1) is 11.5. The van der Waals surface area contributed by atoms with Gasteiger partial charge < -0.3 is 9.84 Å². The zero-order valence-corrected chi connectivity index (χ0v) is 14.4. The fourth-order valence-corrected chi connectivity index (χ4v) is 2.77. The van der Waals surface area contributed by atoms with E-state index in [4.69, 9.17) is 9.84 Å². The number of ether oxygens (including phenoxy) is 1. The van der Waals surface area contributed by atoms with Crippen molar-refractivity contribution in [2.24, 2.45) is 0 Å². The van der Waals surface area contributed by atoms with Gasteiger partial charge in [-0.3, -0.25) is 0 Å². The molecule has 0 unspecified atom stereocenters. The molecule has 24 heavy (non-hydrogen) atoms. The predicted molar refractivity (Wildman–Crippen MR) is 93.3 cm³/mol. The van der Waals surface area contributed by atoms with Crippen LogP contribution in [0.25, 0.3) is 5.57 Å². The summed E-state index contributed by atoms with van der Waals surface area (Å²) in [6.45, 7) is 6.69. The Morgan fingerprint density at radius 3 is 2.71 bits per heavy atom. The molecule has 0 saturated heterocycles. The molecule has 0 amide bonds. The molecule has 1 aliphatic carbocycles. The average molecular weight is 330 g/mol. The number of carboxylic acid groups (broad SMARTS) is 1. The molecule has 0 aromatic heterocycles. The minimum absolute atomic E-state index is 0.0836. The summed E-state index contributed by atoms with van der Waals surface area (Å²) in [5.74, 6) is -0.623. The van der Waals surface area contributed by atoms with Crippen molar-refractivity contribution in [2.45, 2.75) is 40.0 Å². The molecule has 1 aromatic carbocycles. The zero-order valence-electron chi connectivity index (χ0n) is 14.4. The molecular weight excluding hydrogens is 307 g/mol. The molecule has 0 heterocycles. The Kier molecular flexibility index (Phi) is 5.96. The summed E-state index contributed by atoms with van der Waals surface area (Å²) < 4.78 is 20.1. The number of aromatic carboxylic acids is 1. The van der Waals surface area contributed by atoms with Crippen LogP contribution in [-0.4, -0.2) is 17.7 Å². The van der Waals surface area contributed by atoms with Crippen LogP contribution in [0.1, 0.15) is 56.0 Å². The van der Waals surface area contributed by atoms with E-state index in [1.807, 2.05) is 19.1 Å². The smallest absolute Gasteiger partial charge is 0.335 e. The van der Waals surface area contributed by atoms with Crippen LogP contribution in [0.15, 0.2) is 47.3 Å². The van der Waals surface area contributed by atoms with Crippen molar-refractivity contribution in [3.8, 4) is 0 Å². The largest absolute Gasteiger partial charge is 0.493 e. The van der Waals surface area contributed by atoms with E-state index < -0.39 is 11.8 Å². The Morgan fingerprint density at radius 1 is 1.33 bits per heavy atom. The maximum Gasteiger partial charge on any atom is 0.335 e. The molecule has 0 bridgehead atoms. The number of hydrogen-bond acceptors (Lipinski definition) is 2. The molecular formula is C20H23FO3. The highest BCUT2D eigenvalue weighted by Gasteiger charge is 2.17. The van der Waals surface area contributed by atoms with Gasteiger partial charge in [-0.25, -0.2) is 9.18 Å². The summed E-state index contributed by atoms with van der Waals surface area (Å²) >= 11 is 0. The number of rotatable bonds is 6. The third-order valence-corrected chi connectivity index (χ3v) is 4.00. The van der Waals surface area contributed by atoms with E-state index in [1.165, 1.54) is 18.2 Å². The van der Waals surface area contributed by atoms with E-state index >= 15 is 0 Å². The van der Waals surface area contributed by atoms with Gasteiger partial charge in [-0.15, -0.1) is 0 Å². The molecule has 0 radical (unpaired) electrons. The van der Waals surface area contributed by atoms with Gasteiger partial charge in [0.05, 0.1) is 12.2 Å². The topological polar surface area (TPSA) is 46.5 Å². The minimum Gasteiger partial charge on any atom is -0.493 e. The van der Waals surface area contributed by atoms with E-state index in [9.17, 15) is 9.18 Å². The molecule has 1 N–H and O–H groups in total. The highest BCUT2D eigenvalue weighted by atomic mass is 19.1. The Labute approximate surface area is 142 Å². The second kappa shape index (κ2) is 7.95. The van der Waals surface area contributed by atoms with Crippen LogP contribution in [-0.2, 0) is 4.74 Å². The highest BCUT2D eigenvalue weighted by Crippen LogP contribution is 2.32. The molecule has 3 nitrogen and oxygen atoms in total. The van der Waals surface area contributed by atoms with Crippen LogP contribution in [0.2, 0.25) is 0 Å². The number of carboxylic acids is 1. The Hall–Kier alpha value is -2.36. The molecule has 128 valence electrons. The normalized spacial score (nSPS) is 14.8. The maximum absolute atomic E-state index is 14.3. The van der Waals surface area contributed by atoms with Gasteiger partial charge in [0.2, 0.25) is 0 Å². The zero-order chi connectivity index (χ0) is 17.7. The fraction of sp³-hybridized carbons (Fsp3) is 0.350. The van der Waals surface area contributed by atoms with Crippen molar-refractivity contribution in [3.05, 3.63) is 64.2 Å². The standard InChI is InChI=1S/C20H23FO3/c1-4-10-24-19-13(3)11-15(7-6-14(19)5-2)17-12-16(20(22)23)8-9-18(17)21/h6,8-9,11-12H,4-5,7,10H2,1-3H3,(H,22,23). The van der Waals surface area contributed by atoms with E-state index in [0.717, 1.165) is 35.3 Å². The third kappa shape index (κ3) is 3.94. The van der Waals surface area contributed by atoms with Crippen LogP contribution in [0.4, 0.5) is 4.39 Å². The van der Waals surface area contributed by atoms with Gasteiger partial charge in [0.25, 0.3) is 0 Å². The Bertz CT molecular complexity index is 726. The SMILES string of the molecule is CCCOC1=C(C)C=C(c2cc(C(=O)O)ccc2F)CC=C1CC. The predicted octanol–water partition coefficient (Wildman–Crippen LogP) is 5.35. The molecule has 2 rings (SSSR count). The number of carbonyl (C=O) groups is 1. The second-order valence-corrected chi connectivity index (χ2v) is 5.82. The summed E-state index contributed by atoms with van der Waals surface area (Å²) in [5.41, 5.74) is 3.21. The van der Waals surface area contributed by atoms with Crippen molar-refractivity contribution in [3.63, 3.8) is 0 Å². The lowest BCUT2D eigenvalue weighted by atomic mass is 9.98. The summed E-state index contributed by atoms with van der Waals surface area (Å²) in [6.07, 6.45) is 6.22. The molecule has 1 aromatic rings. The van der Waals surface area contributed by atoms with E-state index in [2.05, 4.69) is 13.8 Å². The van der Waals surface area contributed by atoms with Crippen molar-refractivity contribution in [1.82, 2.24) is 0 Å². The van der Waals surface area contributed by atoms with Crippen molar-refractivity contribution >= 4 is 11.5 Å². The maximum atomic E-state index is 14.3. The Morgan fingerprint density at radius 2 is 2.08 bits per heavy atom. The van der Waals surface area contributed by atoms with Crippen molar-refractivity contribution in [1.29, 1.82) is 0 Å². The van der Waals surface area contributed by atoms with E-state index in [1.54, 1.807) is 0 Å². The van der Waals surface area contributed by atoms with Gasteiger partial charge in [-0.2, -0.15) is 0 Å². The van der Waals surface area contributed by atoms with Gasteiger partial charge >= 0.3 is 5.97 Å². The summed E-state index contributed by atoms with van der Waals surface area (Å²) in [5, 5.41) is 9.14. The first-order valence-corrected chi connectivity index (χ1v) is 8.24. The number of allylic oxidation sites excluding steroid dienone is 5. The molecule has 0 aliphatic heterocycles. The number of halogens is 1. The van der Waals surface area contributed by atoms with Crippen LogP contribution >= 0.6 is 0 Å². The lowest BCUT2D eigenvalue weighted by molar-refractivity contribution is 0.0697. The lowest BCUT2D eigenvalue weighted by Gasteiger charge is -2.13. The quantitative estimate of drug-likeness (QED) is 0.765. The van der Waals surface area contributed by atoms with Crippen LogP contribution < -0.4 is 0 Å². The molecule has 1 aliphatic rings. The van der Waals surface area contributed by atoms with Crippen molar-refractivity contribution < 1.29 is 19.0 Å². The van der Waals surface area contributed by atoms with Gasteiger partial charge in [-0.05, 0) is 61.1 Å². The lowest BCUT2D eigenvalue weighted by Crippen LogP contribution is -1.99. The summed E-state index contributed by atoms with van der Waals surface area (Å²) in [7, 11) is 0. The summed E-state index contributed by atoms with van der Waals surface area (Å²) in [4.78, 5) is 11.2. The monoisotopic (exact) mass is 330 g/mol. The second-order valence-electron chi connectivity index (χ2n) is 5.82. The summed E-state index contributed by atoms with van der Waals surface area (Å²) in [6, 6.07) is 3.89. The number of hydrogen-bond donors (Lipinski definition) is 1.